The highest BCUT2D eigenvalue weighted by Gasteiger charge is 2.22. The minimum Gasteiger partial charge on any atom is -0.388 e. The minimum absolute atomic E-state index is 0.114. The van der Waals surface area contributed by atoms with Crippen molar-refractivity contribution >= 4 is 23.5 Å². The minimum atomic E-state index is -0.751. The first-order chi connectivity index (χ1) is 8.03. The third kappa shape index (κ3) is 3.98. The molecule has 0 aliphatic rings. The molecule has 7 heteroatoms. The van der Waals surface area contributed by atoms with Gasteiger partial charge in [-0.1, -0.05) is 13.8 Å². The van der Waals surface area contributed by atoms with Crippen LogP contribution in [0, 0.1) is 0 Å². The predicted octanol–water partition coefficient (Wildman–Crippen LogP) is 1.53. The molecule has 0 unspecified atom stereocenters. The van der Waals surface area contributed by atoms with Crippen LogP contribution < -0.4 is 10.6 Å². The summed E-state index contributed by atoms with van der Waals surface area (Å²) in [4.78, 5) is 11.9. The van der Waals surface area contributed by atoms with Crippen LogP contribution >= 0.6 is 11.6 Å². The van der Waals surface area contributed by atoms with Gasteiger partial charge >= 0.3 is 0 Å². The molecule has 0 aromatic carbocycles. The van der Waals surface area contributed by atoms with Crippen molar-refractivity contribution in [2.24, 2.45) is 0 Å². The maximum Gasteiger partial charge on any atom is 0.228 e. The SMILES string of the molecule is CCC(O)(CC)CNc1nc(Cl)nc(NC)n1. The van der Waals surface area contributed by atoms with Crippen LogP contribution in [-0.2, 0) is 0 Å². The van der Waals surface area contributed by atoms with Crippen LogP contribution in [0.3, 0.4) is 0 Å². The van der Waals surface area contributed by atoms with Gasteiger partial charge in [-0.15, -0.1) is 0 Å². The van der Waals surface area contributed by atoms with Crippen molar-refractivity contribution in [1.82, 2.24) is 15.0 Å². The summed E-state index contributed by atoms with van der Waals surface area (Å²) in [6.45, 7) is 4.25. The number of aliphatic hydroxyl groups is 1. The Morgan fingerprint density at radius 3 is 2.29 bits per heavy atom. The van der Waals surface area contributed by atoms with E-state index in [1.165, 1.54) is 0 Å². The van der Waals surface area contributed by atoms with E-state index < -0.39 is 5.60 Å². The molecule has 1 heterocycles. The molecule has 0 amide bonds. The second kappa shape index (κ2) is 5.97. The molecule has 6 nitrogen and oxygen atoms in total. The molecular formula is C10H18ClN5O. The maximum atomic E-state index is 10.1. The number of rotatable bonds is 6. The van der Waals surface area contributed by atoms with Gasteiger partial charge in [0.2, 0.25) is 17.2 Å². The molecule has 1 aromatic heterocycles. The number of hydrogen-bond acceptors (Lipinski definition) is 6. The molecule has 0 radical (unpaired) electrons. The average Bonchev–Trinajstić information content (AvgIpc) is 2.35. The standard InChI is InChI=1S/C10H18ClN5O/c1-4-10(17,5-2)6-13-9-15-7(11)14-8(12-3)16-9/h17H,4-6H2,1-3H3,(H2,12,13,14,15,16). The Bertz CT molecular complexity index is 370. The molecule has 0 aliphatic heterocycles. The zero-order valence-electron chi connectivity index (χ0n) is 10.3. The van der Waals surface area contributed by atoms with Crippen molar-refractivity contribution < 1.29 is 5.11 Å². The Kier molecular flexibility index (Phi) is 4.89. The molecule has 0 spiro atoms. The summed E-state index contributed by atoms with van der Waals surface area (Å²) in [5, 5.41) is 16.0. The van der Waals surface area contributed by atoms with Gasteiger partial charge in [-0.3, -0.25) is 0 Å². The number of nitrogens with zero attached hydrogens (tertiary/aromatic N) is 3. The topological polar surface area (TPSA) is 83.0 Å². The van der Waals surface area contributed by atoms with Crippen molar-refractivity contribution in [2.75, 3.05) is 24.2 Å². The third-order valence-electron chi connectivity index (χ3n) is 2.72. The number of hydrogen-bond donors (Lipinski definition) is 3. The van der Waals surface area contributed by atoms with Crippen LogP contribution in [0.15, 0.2) is 0 Å². The van der Waals surface area contributed by atoms with Crippen molar-refractivity contribution in [3.63, 3.8) is 0 Å². The quantitative estimate of drug-likeness (QED) is 0.719. The van der Waals surface area contributed by atoms with Crippen molar-refractivity contribution in [3.8, 4) is 0 Å². The summed E-state index contributed by atoms with van der Waals surface area (Å²) in [6, 6.07) is 0. The molecule has 17 heavy (non-hydrogen) atoms. The molecule has 0 saturated carbocycles. The lowest BCUT2D eigenvalue weighted by molar-refractivity contribution is 0.0455. The average molecular weight is 260 g/mol. The molecule has 3 N–H and O–H groups in total. The number of anilines is 2. The van der Waals surface area contributed by atoms with Crippen LogP contribution in [0.2, 0.25) is 5.28 Å². The van der Waals surface area contributed by atoms with Crippen LogP contribution in [0.1, 0.15) is 26.7 Å². The molecule has 0 bridgehead atoms. The molecule has 1 rings (SSSR count). The smallest absolute Gasteiger partial charge is 0.228 e. The van der Waals surface area contributed by atoms with Crippen LogP contribution in [0.25, 0.3) is 0 Å². The van der Waals surface area contributed by atoms with Gasteiger partial charge < -0.3 is 15.7 Å². The van der Waals surface area contributed by atoms with Gasteiger partial charge in [0, 0.05) is 13.6 Å². The van der Waals surface area contributed by atoms with Crippen molar-refractivity contribution in [1.29, 1.82) is 0 Å². The Morgan fingerprint density at radius 2 is 1.76 bits per heavy atom. The van der Waals surface area contributed by atoms with E-state index in [9.17, 15) is 5.11 Å². The van der Waals surface area contributed by atoms with Crippen molar-refractivity contribution in [3.05, 3.63) is 5.28 Å². The van der Waals surface area contributed by atoms with E-state index in [1.807, 2.05) is 13.8 Å². The van der Waals surface area contributed by atoms with Crippen LogP contribution in [0.4, 0.5) is 11.9 Å². The largest absolute Gasteiger partial charge is 0.388 e. The monoisotopic (exact) mass is 259 g/mol. The molecule has 0 fully saturated rings. The fraction of sp³-hybridized carbons (Fsp3) is 0.700. The van der Waals surface area contributed by atoms with Gasteiger partial charge in [0.05, 0.1) is 5.60 Å². The first-order valence-electron chi connectivity index (χ1n) is 5.58. The Labute approximate surface area is 106 Å². The van der Waals surface area contributed by atoms with Gasteiger partial charge in [0.1, 0.15) is 0 Å². The number of halogens is 1. The fourth-order valence-corrected chi connectivity index (χ4v) is 1.44. The zero-order chi connectivity index (χ0) is 12.9. The van der Waals surface area contributed by atoms with E-state index in [2.05, 4.69) is 25.6 Å². The summed E-state index contributed by atoms with van der Waals surface area (Å²) >= 11 is 5.74. The molecular weight excluding hydrogens is 242 g/mol. The second-order valence-corrected chi connectivity index (χ2v) is 4.12. The summed E-state index contributed by atoms with van der Waals surface area (Å²) in [5.74, 6) is 0.749. The van der Waals surface area contributed by atoms with Gasteiger partial charge in [-0.2, -0.15) is 15.0 Å². The zero-order valence-corrected chi connectivity index (χ0v) is 11.0. The maximum absolute atomic E-state index is 10.1. The highest BCUT2D eigenvalue weighted by Crippen LogP contribution is 2.16. The van der Waals surface area contributed by atoms with E-state index in [4.69, 9.17) is 11.6 Å². The molecule has 0 atom stereocenters. The van der Waals surface area contributed by atoms with Gasteiger partial charge in [0.15, 0.2) is 0 Å². The highest BCUT2D eigenvalue weighted by atomic mass is 35.5. The predicted molar refractivity (Wildman–Crippen MR) is 68.4 cm³/mol. The lowest BCUT2D eigenvalue weighted by atomic mass is 9.98. The van der Waals surface area contributed by atoms with E-state index in [0.29, 0.717) is 31.3 Å². The van der Waals surface area contributed by atoms with Gasteiger partial charge in [-0.05, 0) is 24.4 Å². The molecule has 0 saturated heterocycles. The van der Waals surface area contributed by atoms with Gasteiger partial charge in [-0.25, -0.2) is 0 Å². The summed E-state index contributed by atoms with van der Waals surface area (Å²) in [7, 11) is 1.70. The van der Waals surface area contributed by atoms with Crippen molar-refractivity contribution in [2.45, 2.75) is 32.3 Å². The van der Waals surface area contributed by atoms with Gasteiger partial charge in [0.25, 0.3) is 0 Å². The molecule has 1 aromatic rings. The number of nitrogens with one attached hydrogen (secondary N) is 2. The molecule has 0 aliphatic carbocycles. The molecule has 96 valence electrons. The first kappa shape index (κ1) is 13.9. The van der Waals surface area contributed by atoms with E-state index in [1.54, 1.807) is 7.05 Å². The van der Waals surface area contributed by atoms with Crippen LogP contribution in [-0.4, -0.2) is 39.3 Å². The van der Waals surface area contributed by atoms with E-state index in [-0.39, 0.29) is 5.28 Å². The lowest BCUT2D eigenvalue weighted by Crippen LogP contribution is -2.35. The second-order valence-electron chi connectivity index (χ2n) is 3.79. The fourth-order valence-electron chi connectivity index (χ4n) is 1.28. The normalized spacial score (nSPS) is 11.4. The van der Waals surface area contributed by atoms with E-state index in [0.717, 1.165) is 0 Å². The summed E-state index contributed by atoms with van der Waals surface area (Å²) in [5.41, 5.74) is -0.751. The Balaban J connectivity index is 2.72. The Morgan fingerprint density at radius 1 is 1.18 bits per heavy atom. The number of aromatic nitrogens is 3. The first-order valence-corrected chi connectivity index (χ1v) is 5.96. The Hall–Kier alpha value is -1.14. The lowest BCUT2D eigenvalue weighted by Gasteiger charge is -2.25. The van der Waals surface area contributed by atoms with Crippen LogP contribution in [0.5, 0.6) is 0 Å². The third-order valence-corrected chi connectivity index (χ3v) is 2.89. The summed E-state index contributed by atoms with van der Waals surface area (Å²) in [6.07, 6.45) is 1.32. The van der Waals surface area contributed by atoms with E-state index >= 15 is 0 Å². The summed E-state index contributed by atoms with van der Waals surface area (Å²) < 4.78 is 0. The highest BCUT2D eigenvalue weighted by molar-refractivity contribution is 6.28.